The summed E-state index contributed by atoms with van der Waals surface area (Å²) >= 11 is 0. The molecule has 0 saturated heterocycles. The lowest BCUT2D eigenvalue weighted by atomic mass is 9.43. The van der Waals surface area contributed by atoms with E-state index < -0.39 is 18.0 Å². The Kier molecular flexibility index (Phi) is 6.71. The quantitative estimate of drug-likeness (QED) is 0.362. The van der Waals surface area contributed by atoms with Crippen LogP contribution in [0.3, 0.4) is 0 Å². The maximum atomic E-state index is 12.6. The van der Waals surface area contributed by atoms with Gasteiger partial charge in [-0.15, -0.1) is 0 Å². The number of fused-ring (bicyclic) bond motifs is 4. The van der Waals surface area contributed by atoms with E-state index in [2.05, 4.69) is 55.0 Å². The van der Waals surface area contributed by atoms with Crippen molar-refractivity contribution in [1.29, 1.82) is 0 Å². The summed E-state index contributed by atoms with van der Waals surface area (Å²) in [6.07, 6.45) is 6.95. The van der Waals surface area contributed by atoms with E-state index in [4.69, 9.17) is 0 Å². The Morgan fingerprint density at radius 1 is 1.03 bits per heavy atom. The van der Waals surface area contributed by atoms with Crippen molar-refractivity contribution in [2.45, 2.75) is 118 Å². The van der Waals surface area contributed by atoms with Crippen molar-refractivity contribution in [3.8, 4) is 0 Å². The van der Waals surface area contributed by atoms with Gasteiger partial charge in [0.05, 0.1) is 18.1 Å². The zero-order valence-electron chi connectivity index (χ0n) is 23.3. The van der Waals surface area contributed by atoms with E-state index in [0.29, 0.717) is 31.1 Å². The molecule has 0 aromatic heterocycles. The lowest BCUT2D eigenvalue weighted by Crippen LogP contribution is -2.55. The van der Waals surface area contributed by atoms with Crippen LogP contribution < -0.4 is 0 Å². The van der Waals surface area contributed by atoms with Gasteiger partial charge in [0.15, 0.2) is 0 Å². The molecule has 0 aromatic carbocycles. The Bertz CT molecular complexity index is 915. The summed E-state index contributed by atoms with van der Waals surface area (Å²) in [5.74, 6) is -0.759. The SMILES string of the molecule is C=C(CCC(C(=O)O)C1C(O)CC2(C)C3=C(CCC12C)C1(C)CCC(O)C(C)(C)C1CC3)C(C)C. The third kappa shape index (κ3) is 3.79. The first-order valence-corrected chi connectivity index (χ1v) is 14.1. The van der Waals surface area contributed by atoms with E-state index in [-0.39, 0.29) is 33.7 Å². The lowest BCUT2D eigenvalue weighted by Gasteiger charge is -2.62. The van der Waals surface area contributed by atoms with Crippen LogP contribution in [0, 0.1) is 45.3 Å². The van der Waals surface area contributed by atoms with E-state index in [1.807, 2.05) is 0 Å². The number of hydrogen-bond donors (Lipinski definition) is 3. The van der Waals surface area contributed by atoms with Gasteiger partial charge in [-0.3, -0.25) is 4.79 Å². The van der Waals surface area contributed by atoms with Crippen molar-refractivity contribution in [3.63, 3.8) is 0 Å². The van der Waals surface area contributed by atoms with Crippen LogP contribution in [-0.2, 0) is 4.79 Å². The topological polar surface area (TPSA) is 77.8 Å². The minimum absolute atomic E-state index is 0.0882. The van der Waals surface area contributed by atoms with Crippen LogP contribution in [0.5, 0.6) is 0 Å². The van der Waals surface area contributed by atoms with E-state index >= 15 is 0 Å². The van der Waals surface area contributed by atoms with Gasteiger partial charge in [-0.05, 0) is 91.3 Å². The number of aliphatic carboxylic acids is 1. The fraction of sp³-hybridized carbons (Fsp3) is 0.839. The Morgan fingerprint density at radius 3 is 2.29 bits per heavy atom. The van der Waals surface area contributed by atoms with Crippen molar-refractivity contribution < 1.29 is 20.1 Å². The van der Waals surface area contributed by atoms with Crippen molar-refractivity contribution in [1.82, 2.24) is 0 Å². The second kappa shape index (κ2) is 8.72. The molecular formula is C31H50O4. The molecule has 0 heterocycles. The number of aliphatic hydroxyl groups excluding tert-OH is 2. The summed E-state index contributed by atoms with van der Waals surface area (Å²) in [4.78, 5) is 12.6. The number of rotatable bonds is 6. The fourth-order valence-corrected chi connectivity index (χ4v) is 9.58. The normalized spacial score (nSPS) is 43.4. The average molecular weight is 487 g/mol. The molecule has 198 valence electrons. The van der Waals surface area contributed by atoms with Crippen LogP contribution in [0.15, 0.2) is 23.3 Å². The summed E-state index contributed by atoms with van der Waals surface area (Å²) in [6.45, 7) is 20.0. The van der Waals surface area contributed by atoms with Crippen LogP contribution in [0.2, 0.25) is 0 Å². The van der Waals surface area contributed by atoms with Crippen molar-refractivity contribution >= 4 is 5.97 Å². The molecule has 0 spiro atoms. The maximum absolute atomic E-state index is 12.6. The smallest absolute Gasteiger partial charge is 0.306 e. The van der Waals surface area contributed by atoms with Gasteiger partial charge in [0.25, 0.3) is 0 Å². The number of hydrogen-bond acceptors (Lipinski definition) is 3. The Balaban J connectivity index is 1.71. The van der Waals surface area contributed by atoms with Gasteiger partial charge in [-0.25, -0.2) is 0 Å². The van der Waals surface area contributed by atoms with Crippen LogP contribution in [0.1, 0.15) is 106 Å². The number of allylic oxidation sites excluding steroid dienone is 3. The molecule has 4 aliphatic rings. The molecule has 4 rings (SSSR count). The first kappa shape index (κ1) is 26.9. The zero-order valence-corrected chi connectivity index (χ0v) is 23.3. The highest BCUT2D eigenvalue weighted by Gasteiger charge is 2.66. The Hall–Kier alpha value is -1.13. The average Bonchev–Trinajstić information content (AvgIpc) is 2.97. The molecule has 4 nitrogen and oxygen atoms in total. The molecule has 3 N–H and O–H groups in total. The molecular weight excluding hydrogens is 436 g/mol. The lowest BCUT2D eigenvalue weighted by molar-refractivity contribution is -0.149. The van der Waals surface area contributed by atoms with E-state index in [1.54, 1.807) is 5.57 Å². The first-order chi connectivity index (χ1) is 16.1. The van der Waals surface area contributed by atoms with E-state index in [9.17, 15) is 20.1 Å². The minimum atomic E-state index is -0.769. The Morgan fingerprint density at radius 2 is 1.69 bits per heavy atom. The molecule has 0 bridgehead atoms. The van der Waals surface area contributed by atoms with Crippen molar-refractivity contribution in [2.75, 3.05) is 0 Å². The van der Waals surface area contributed by atoms with Gasteiger partial charge >= 0.3 is 5.97 Å². The third-order valence-electron chi connectivity index (χ3n) is 12.1. The van der Waals surface area contributed by atoms with E-state index in [0.717, 1.165) is 44.1 Å². The van der Waals surface area contributed by atoms with Gasteiger partial charge in [-0.1, -0.05) is 71.8 Å². The zero-order chi connectivity index (χ0) is 26.1. The molecule has 2 fully saturated rings. The molecule has 4 heteroatoms. The minimum Gasteiger partial charge on any atom is -0.481 e. The van der Waals surface area contributed by atoms with Crippen molar-refractivity contribution in [2.24, 2.45) is 45.3 Å². The molecule has 0 radical (unpaired) electrons. The van der Waals surface area contributed by atoms with Crippen LogP contribution in [-0.4, -0.2) is 33.5 Å². The summed E-state index contributed by atoms with van der Waals surface area (Å²) in [7, 11) is 0. The van der Waals surface area contributed by atoms with Crippen LogP contribution >= 0.6 is 0 Å². The largest absolute Gasteiger partial charge is 0.481 e. The fourth-order valence-electron chi connectivity index (χ4n) is 9.58. The van der Waals surface area contributed by atoms with Gasteiger partial charge in [0, 0.05) is 5.92 Å². The predicted molar refractivity (Wildman–Crippen MR) is 141 cm³/mol. The summed E-state index contributed by atoms with van der Waals surface area (Å²) in [5.41, 5.74) is 3.78. The highest BCUT2D eigenvalue weighted by molar-refractivity contribution is 5.71. The molecule has 8 atom stereocenters. The highest BCUT2D eigenvalue weighted by atomic mass is 16.4. The maximum Gasteiger partial charge on any atom is 0.306 e. The second-order valence-corrected chi connectivity index (χ2v) is 14.2. The van der Waals surface area contributed by atoms with Crippen molar-refractivity contribution in [3.05, 3.63) is 23.3 Å². The van der Waals surface area contributed by atoms with Gasteiger partial charge in [0.2, 0.25) is 0 Å². The summed E-state index contributed by atoms with van der Waals surface area (Å²) < 4.78 is 0. The summed E-state index contributed by atoms with van der Waals surface area (Å²) in [5, 5.41) is 32.7. The molecule has 0 aliphatic heterocycles. The molecule has 0 aromatic rings. The molecule has 0 amide bonds. The predicted octanol–water partition coefficient (Wildman–Crippen LogP) is 6.76. The summed E-state index contributed by atoms with van der Waals surface area (Å²) in [6, 6.07) is 0. The first-order valence-electron chi connectivity index (χ1n) is 14.1. The standard InChI is InChI=1S/C31H50O4/c1-18(2)19(3)9-10-20(27(34)35)26-23(32)17-31(8)22-11-12-24-28(4,5)25(33)14-15-29(24,6)21(22)13-16-30(26,31)7/h18,20,23-26,32-33H,3,9-17H2,1-2,4-8H3,(H,34,35). The Labute approximate surface area is 213 Å². The third-order valence-corrected chi connectivity index (χ3v) is 12.1. The van der Waals surface area contributed by atoms with Crippen LogP contribution in [0.4, 0.5) is 0 Å². The molecule has 8 unspecified atom stereocenters. The second-order valence-electron chi connectivity index (χ2n) is 14.2. The number of carboxylic acids is 1. The molecule has 4 aliphatic carbocycles. The molecule has 35 heavy (non-hydrogen) atoms. The van der Waals surface area contributed by atoms with Gasteiger partial charge in [-0.2, -0.15) is 0 Å². The monoisotopic (exact) mass is 486 g/mol. The number of carboxylic acid groups (broad SMARTS) is 1. The highest BCUT2D eigenvalue weighted by Crippen LogP contribution is 2.72. The number of aliphatic hydroxyl groups is 2. The number of carbonyl (C=O) groups is 1. The van der Waals surface area contributed by atoms with Crippen LogP contribution in [0.25, 0.3) is 0 Å². The van der Waals surface area contributed by atoms with Gasteiger partial charge in [0.1, 0.15) is 0 Å². The van der Waals surface area contributed by atoms with E-state index in [1.165, 1.54) is 5.57 Å². The molecule has 2 saturated carbocycles. The van der Waals surface area contributed by atoms with Gasteiger partial charge < -0.3 is 15.3 Å².